The number of aliphatic hydroxyl groups excluding tert-OH is 1. The average molecular weight is 355 g/mol. The third-order valence-electron chi connectivity index (χ3n) is 2.61. The van der Waals surface area contributed by atoms with Gasteiger partial charge in [-0.3, -0.25) is 0 Å². The first kappa shape index (κ1) is 23.2. The van der Waals surface area contributed by atoms with Crippen LogP contribution in [0.4, 0.5) is 0 Å². The molecule has 0 saturated heterocycles. The molecule has 0 heterocycles. The molecule has 0 saturated carbocycles. The van der Waals surface area contributed by atoms with E-state index >= 15 is 0 Å². The molecule has 0 bridgehead atoms. The van der Waals surface area contributed by atoms with Gasteiger partial charge in [0.15, 0.2) is 6.61 Å². The molecule has 128 valence electrons. The summed E-state index contributed by atoms with van der Waals surface area (Å²) in [6.07, 6.45) is 1.000. The molecule has 0 amide bonds. The minimum absolute atomic E-state index is 0. The van der Waals surface area contributed by atoms with Crippen LogP contribution in [0, 0.1) is 0 Å². The summed E-state index contributed by atoms with van der Waals surface area (Å²) in [4.78, 5) is 10.4. The second kappa shape index (κ2) is 14.9. The number of benzene rings is 1. The standard InChI is InChI=1S/C14H22N2O4.2ClH/c17-9-8-15-6-1-7-16-10-12-2-4-13(5-3-12)20-11-14(18)19;;/h2-5,15-17H,1,6-11H2,(H,18,19);2*1H. The van der Waals surface area contributed by atoms with Gasteiger partial charge in [-0.1, -0.05) is 12.1 Å². The van der Waals surface area contributed by atoms with Gasteiger partial charge in [0.2, 0.25) is 0 Å². The fourth-order valence-electron chi connectivity index (χ4n) is 1.62. The van der Waals surface area contributed by atoms with Crippen molar-refractivity contribution in [2.75, 3.05) is 32.8 Å². The van der Waals surface area contributed by atoms with Crippen LogP contribution < -0.4 is 15.4 Å². The van der Waals surface area contributed by atoms with Crippen molar-refractivity contribution in [2.24, 2.45) is 0 Å². The van der Waals surface area contributed by atoms with Crippen LogP contribution in [0.1, 0.15) is 12.0 Å². The molecule has 0 aromatic heterocycles. The molecule has 1 rings (SSSR count). The summed E-state index contributed by atoms with van der Waals surface area (Å²) in [5.41, 5.74) is 1.12. The lowest BCUT2D eigenvalue weighted by Gasteiger charge is -2.07. The molecule has 0 atom stereocenters. The Morgan fingerprint density at radius 1 is 1.05 bits per heavy atom. The number of hydrogen-bond donors (Lipinski definition) is 4. The minimum atomic E-state index is -0.981. The number of ether oxygens (including phenoxy) is 1. The topological polar surface area (TPSA) is 90.8 Å². The maximum atomic E-state index is 10.4. The molecule has 0 aliphatic heterocycles. The van der Waals surface area contributed by atoms with Gasteiger partial charge >= 0.3 is 5.97 Å². The second-order valence-electron chi connectivity index (χ2n) is 4.33. The Hall–Kier alpha value is -1.05. The van der Waals surface area contributed by atoms with Gasteiger partial charge in [0.05, 0.1) is 6.61 Å². The molecular formula is C14H24Cl2N2O4. The van der Waals surface area contributed by atoms with Crippen LogP contribution in [0.3, 0.4) is 0 Å². The number of aliphatic hydroxyl groups is 1. The molecule has 1 aromatic rings. The highest BCUT2D eigenvalue weighted by Crippen LogP contribution is 2.11. The van der Waals surface area contributed by atoms with Crippen LogP contribution in [0.5, 0.6) is 5.75 Å². The van der Waals surface area contributed by atoms with E-state index < -0.39 is 5.97 Å². The summed E-state index contributed by atoms with van der Waals surface area (Å²) in [6, 6.07) is 7.36. The molecule has 0 unspecified atom stereocenters. The van der Waals surface area contributed by atoms with Crippen LogP contribution in [-0.2, 0) is 11.3 Å². The molecule has 22 heavy (non-hydrogen) atoms. The summed E-state index contributed by atoms with van der Waals surface area (Å²) in [6.45, 7) is 3.03. The van der Waals surface area contributed by atoms with E-state index in [2.05, 4.69) is 10.6 Å². The Labute approximate surface area is 143 Å². The molecule has 0 spiro atoms. The number of hydrogen-bond acceptors (Lipinski definition) is 5. The van der Waals surface area contributed by atoms with Gasteiger partial charge in [0, 0.05) is 13.1 Å². The lowest BCUT2D eigenvalue weighted by molar-refractivity contribution is -0.139. The van der Waals surface area contributed by atoms with Crippen LogP contribution in [0.2, 0.25) is 0 Å². The highest BCUT2D eigenvalue weighted by atomic mass is 35.5. The van der Waals surface area contributed by atoms with Crippen molar-refractivity contribution in [3.63, 3.8) is 0 Å². The number of carbonyl (C=O) groups is 1. The van der Waals surface area contributed by atoms with Crippen LogP contribution in [0.15, 0.2) is 24.3 Å². The number of halogens is 2. The fourth-order valence-corrected chi connectivity index (χ4v) is 1.62. The smallest absolute Gasteiger partial charge is 0.341 e. The van der Waals surface area contributed by atoms with E-state index in [4.69, 9.17) is 14.9 Å². The normalized spacial score (nSPS) is 9.50. The van der Waals surface area contributed by atoms with E-state index in [0.717, 1.165) is 31.6 Å². The van der Waals surface area contributed by atoms with Gasteiger partial charge in [0.25, 0.3) is 0 Å². The van der Waals surface area contributed by atoms with E-state index in [-0.39, 0.29) is 38.0 Å². The summed E-state index contributed by atoms with van der Waals surface area (Å²) in [5.74, 6) is -0.421. The Morgan fingerprint density at radius 3 is 2.27 bits per heavy atom. The van der Waals surface area contributed by atoms with E-state index in [9.17, 15) is 4.79 Å². The second-order valence-corrected chi connectivity index (χ2v) is 4.33. The van der Waals surface area contributed by atoms with Gasteiger partial charge in [0.1, 0.15) is 5.75 Å². The first-order valence-corrected chi connectivity index (χ1v) is 6.68. The van der Waals surface area contributed by atoms with Gasteiger partial charge in [-0.15, -0.1) is 24.8 Å². The highest BCUT2D eigenvalue weighted by molar-refractivity contribution is 5.85. The zero-order valence-corrected chi connectivity index (χ0v) is 13.9. The molecule has 4 N–H and O–H groups in total. The quantitative estimate of drug-likeness (QED) is 0.444. The van der Waals surface area contributed by atoms with Crippen molar-refractivity contribution < 1.29 is 19.7 Å². The molecule has 0 fully saturated rings. The zero-order valence-electron chi connectivity index (χ0n) is 12.3. The van der Waals surface area contributed by atoms with E-state index in [1.807, 2.05) is 12.1 Å². The average Bonchev–Trinajstić information content (AvgIpc) is 2.45. The predicted molar refractivity (Wildman–Crippen MR) is 90.3 cm³/mol. The van der Waals surface area contributed by atoms with Crippen molar-refractivity contribution in [3.8, 4) is 5.75 Å². The van der Waals surface area contributed by atoms with E-state index in [0.29, 0.717) is 12.3 Å². The SMILES string of the molecule is Cl.Cl.O=C(O)COc1ccc(CNCCCNCCO)cc1. The Balaban J connectivity index is 0. The lowest BCUT2D eigenvalue weighted by atomic mass is 10.2. The minimum Gasteiger partial charge on any atom is -0.482 e. The van der Waals surface area contributed by atoms with Crippen molar-refractivity contribution in [1.29, 1.82) is 0 Å². The van der Waals surface area contributed by atoms with Gasteiger partial charge in [-0.2, -0.15) is 0 Å². The first-order valence-electron chi connectivity index (χ1n) is 6.68. The first-order chi connectivity index (χ1) is 9.72. The van der Waals surface area contributed by atoms with Gasteiger partial charge < -0.3 is 25.6 Å². The molecular weight excluding hydrogens is 331 g/mol. The van der Waals surface area contributed by atoms with Crippen molar-refractivity contribution in [1.82, 2.24) is 10.6 Å². The number of carboxylic acid groups (broad SMARTS) is 1. The summed E-state index contributed by atoms with van der Waals surface area (Å²) in [5, 5.41) is 23.5. The number of aliphatic carboxylic acids is 1. The summed E-state index contributed by atoms with van der Waals surface area (Å²) >= 11 is 0. The molecule has 1 aromatic carbocycles. The van der Waals surface area contributed by atoms with Gasteiger partial charge in [-0.05, 0) is 37.2 Å². The van der Waals surface area contributed by atoms with Crippen LogP contribution in [-0.4, -0.2) is 49.0 Å². The number of rotatable bonds is 11. The molecule has 0 aliphatic rings. The Bertz CT molecular complexity index is 391. The predicted octanol–water partition coefficient (Wildman–Crippen LogP) is 1.06. The maximum Gasteiger partial charge on any atom is 0.341 e. The third-order valence-corrected chi connectivity index (χ3v) is 2.61. The monoisotopic (exact) mass is 354 g/mol. The molecule has 0 radical (unpaired) electrons. The van der Waals surface area contributed by atoms with Crippen LogP contribution >= 0.6 is 24.8 Å². The van der Waals surface area contributed by atoms with Crippen molar-refractivity contribution >= 4 is 30.8 Å². The van der Waals surface area contributed by atoms with E-state index in [1.54, 1.807) is 12.1 Å². The Kier molecular flexibility index (Phi) is 15.7. The zero-order chi connectivity index (χ0) is 14.6. The molecule has 6 nitrogen and oxygen atoms in total. The third kappa shape index (κ3) is 11.6. The van der Waals surface area contributed by atoms with E-state index in [1.165, 1.54) is 0 Å². The largest absolute Gasteiger partial charge is 0.482 e. The van der Waals surface area contributed by atoms with Crippen molar-refractivity contribution in [3.05, 3.63) is 29.8 Å². The summed E-state index contributed by atoms with van der Waals surface area (Å²) < 4.78 is 5.05. The Morgan fingerprint density at radius 2 is 1.68 bits per heavy atom. The van der Waals surface area contributed by atoms with Gasteiger partial charge in [-0.25, -0.2) is 4.79 Å². The molecule has 8 heteroatoms. The number of nitrogens with one attached hydrogen (secondary N) is 2. The maximum absolute atomic E-state index is 10.4. The van der Waals surface area contributed by atoms with Crippen LogP contribution in [0.25, 0.3) is 0 Å². The van der Waals surface area contributed by atoms with Crippen molar-refractivity contribution in [2.45, 2.75) is 13.0 Å². The lowest BCUT2D eigenvalue weighted by Crippen LogP contribution is -2.23. The fraction of sp³-hybridized carbons (Fsp3) is 0.500. The molecule has 0 aliphatic carbocycles. The summed E-state index contributed by atoms with van der Waals surface area (Å²) in [7, 11) is 0. The highest BCUT2D eigenvalue weighted by Gasteiger charge is 1.99. The number of carboxylic acids is 1.